The van der Waals surface area contributed by atoms with Gasteiger partial charge in [-0.15, -0.1) is 11.3 Å². The average Bonchev–Trinajstić information content (AvgIpc) is 3.42. The molecule has 34 heavy (non-hydrogen) atoms. The van der Waals surface area contributed by atoms with Crippen LogP contribution in [0.5, 0.6) is 0 Å². The van der Waals surface area contributed by atoms with Crippen LogP contribution in [0.1, 0.15) is 70.1 Å². The summed E-state index contributed by atoms with van der Waals surface area (Å²) in [5, 5.41) is 0. The number of benzene rings is 1. The highest BCUT2D eigenvalue weighted by molar-refractivity contribution is 7.15. The lowest BCUT2D eigenvalue weighted by Crippen LogP contribution is -2.53. The SMILES string of the molecule is CC(=O)N1c2ccc(-c3ccc(C)s3)cc2N(C(=O)C2CC3(CCCCCCC3)CO2)C[C@@H]1C. The molecule has 1 aromatic carbocycles. The molecule has 182 valence electrons. The van der Waals surface area contributed by atoms with Crippen LogP contribution in [0.4, 0.5) is 11.4 Å². The minimum Gasteiger partial charge on any atom is -0.368 e. The minimum atomic E-state index is -0.393. The number of fused-ring (bicyclic) bond motifs is 1. The van der Waals surface area contributed by atoms with Crippen molar-refractivity contribution in [3.05, 3.63) is 35.2 Å². The Balaban J connectivity index is 1.46. The number of nitrogens with zero attached hydrogens (tertiary/aromatic N) is 2. The summed E-state index contributed by atoms with van der Waals surface area (Å²) in [5.74, 6) is 0.0564. The van der Waals surface area contributed by atoms with E-state index in [1.807, 2.05) is 22.8 Å². The van der Waals surface area contributed by atoms with Crippen molar-refractivity contribution in [2.24, 2.45) is 5.41 Å². The molecule has 1 aromatic heterocycles. The van der Waals surface area contributed by atoms with Gasteiger partial charge in [0.2, 0.25) is 5.91 Å². The van der Waals surface area contributed by atoms with Crippen LogP contribution in [0, 0.1) is 12.3 Å². The van der Waals surface area contributed by atoms with Crippen molar-refractivity contribution >= 4 is 34.5 Å². The number of carbonyl (C=O) groups is 2. The molecule has 0 N–H and O–H groups in total. The average molecular weight is 481 g/mol. The van der Waals surface area contributed by atoms with Gasteiger partial charge in [-0.3, -0.25) is 9.59 Å². The Bertz CT molecular complexity index is 1070. The second-order valence-corrected chi connectivity index (χ2v) is 11.9. The standard InChI is InChI=1S/C28H36N2O3S/c1-19-17-29(27(32)25-16-28(18-33-25)13-7-5-4-6-8-14-28)24-15-22(26-12-9-20(2)34-26)10-11-23(24)30(19)21(3)31/h9-12,15,19,25H,4-8,13-14,16-18H2,1-3H3/t19-,25?/m0/s1. The minimum absolute atomic E-state index is 0.00570. The van der Waals surface area contributed by atoms with Gasteiger partial charge in [-0.25, -0.2) is 0 Å². The van der Waals surface area contributed by atoms with E-state index in [1.54, 1.807) is 18.3 Å². The number of ether oxygens (including phenoxy) is 1. The molecule has 5 nitrogen and oxygen atoms in total. The fraction of sp³-hybridized carbons (Fsp3) is 0.571. The van der Waals surface area contributed by atoms with Crippen molar-refractivity contribution in [2.45, 2.75) is 84.3 Å². The molecule has 2 atom stereocenters. The molecule has 2 amide bonds. The Morgan fingerprint density at radius 1 is 1.03 bits per heavy atom. The zero-order valence-corrected chi connectivity index (χ0v) is 21.5. The number of amides is 2. The second-order valence-electron chi connectivity index (χ2n) is 10.6. The fourth-order valence-corrected chi connectivity index (χ4v) is 7.05. The topological polar surface area (TPSA) is 49.9 Å². The highest BCUT2D eigenvalue weighted by Crippen LogP contribution is 2.46. The van der Waals surface area contributed by atoms with E-state index in [0.29, 0.717) is 13.2 Å². The van der Waals surface area contributed by atoms with E-state index in [1.165, 1.54) is 54.7 Å². The van der Waals surface area contributed by atoms with E-state index < -0.39 is 6.10 Å². The summed E-state index contributed by atoms with van der Waals surface area (Å²) in [7, 11) is 0. The maximum absolute atomic E-state index is 13.9. The first-order valence-electron chi connectivity index (χ1n) is 12.8. The van der Waals surface area contributed by atoms with Crippen LogP contribution < -0.4 is 9.80 Å². The molecular weight excluding hydrogens is 444 g/mol. The van der Waals surface area contributed by atoms with E-state index in [9.17, 15) is 9.59 Å². The van der Waals surface area contributed by atoms with Gasteiger partial charge in [0, 0.05) is 23.2 Å². The molecule has 3 aliphatic rings. The molecule has 2 fully saturated rings. The van der Waals surface area contributed by atoms with Gasteiger partial charge in [-0.2, -0.15) is 0 Å². The predicted octanol–water partition coefficient (Wildman–Crippen LogP) is 6.33. The monoisotopic (exact) mass is 480 g/mol. The van der Waals surface area contributed by atoms with Gasteiger partial charge >= 0.3 is 0 Å². The van der Waals surface area contributed by atoms with Crippen molar-refractivity contribution in [3.63, 3.8) is 0 Å². The second kappa shape index (κ2) is 9.46. The molecule has 1 saturated heterocycles. The third-order valence-electron chi connectivity index (χ3n) is 7.94. The van der Waals surface area contributed by atoms with E-state index in [-0.39, 0.29) is 23.3 Å². The molecule has 2 aliphatic heterocycles. The van der Waals surface area contributed by atoms with Gasteiger partial charge in [-0.05, 0) is 68.4 Å². The largest absolute Gasteiger partial charge is 0.368 e. The summed E-state index contributed by atoms with van der Waals surface area (Å²) < 4.78 is 6.23. The van der Waals surface area contributed by atoms with Crippen molar-refractivity contribution in [1.82, 2.24) is 0 Å². The lowest BCUT2D eigenvalue weighted by Gasteiger charge is -2.41. The van der Waals surface area contributed by atoms with Crippen LogP contribution in [-0.4, -0.2) is 37.1 Å². The molecule has 2 aromatic rings. The molecule has 6 heteroatoms. The van der Waals surface area contributed by atoms with Crippen molar-refractivity contribution in [1.29, 1.82) is 0 Å². The van der Waals surface area contributed by atoms with Gasteiger partial charge in [0.25, 0.3) is 5.91 Å². The predicted molar refractivity (Wildman–Crippen MR) is 139 cm³/mol. The first-order valence-corrected chi connectivity index (χ1v) is 13.6. The number of hydrogen-bond acceptors (Lipinski definition) is 4. The van der Waals surface area contributed by atoms with Crippen molar-refractivity contribution < 1.29 is 14.3 Å². The lowest BCUT2D eigenvalue weighted by atomic mass is 9.74. The van der Waals surface area contributed by atoms with E-state index in [0.717, 1.165) is 23.4 Å². The van der Waals surface area contributed by atoms with Crippen molar-refractivity contribution in [3.8, 4) is 10.4 Å². The summed E-state index contributed by atoms with van der Waals surface area (Å²) in [6.45, 7) is 6.92. The number of carbonyl (C=O) groups excluding carboxylic acids is 2. The third kappa shape index (κ3) is 4.42. The number of thiophene rings is 1. The van der Waals surface area contributed by atoms with E-state index >= 15 is 0 Å². The van der Waals surface area contributed by atoms with Crippen LogP contribution in [0.2, 0.25) is 0 Å². The molecule has 1 spiro atoms. The van der Waals surface area contributed by atoms with Crippen LogP contribution in [-0.2, 0) is 14.3 Å². The summed E-state index contributed by atoms with van der Waals surface area (Å²) in [6.07, 6.45) is 9.18. The maximum atomic E-state index is 13.9. The highest BCUT2D eigenvalue weighted by Gasteiger charge is 2.45. The Morgan fingerprint density at radius 3 is 2.44 bits per heavy atom. The van der Waals surface area contributed by atoms with Gasteiger partial charge in [0.15, 0.2) is 0 Å². The first kappa shape index (κ1) is 23.6. The zero-order chi connectivity index (χ0) is 23.9. The Hall–Kier alpha value is -2.18. The molecule has 1 aliphatic carbocycles. The Kier molecular flexibility index (Phi) is 6.56. The van der Waals surface area contributed by atoms with Crippen LogP contribution in [0.25, 0.3) is 10.4 Å². The molecule has 0 radical (unpaired) electrons. The van der Waals surface area contributed by atoms with E-state index in [2.05, 4.69) is 31.2 Å². The molecule has 3 heterocycles. The smallest absolute Gasteiger partial charge is 0.256 e. The Morgan fingerprint density at radius 2 is 1.76 bits per heavy atom. The molecule has 0 bridgehead atoms. The Labute approximate surface area is 207 Å². The summed E-state index contributed by atoms with van der Waals surface area (Å²) in [6, 6.07) is 10.3. The molecular formula is C28H36N2O3S. The molecule has 1 saturated carbocycles. The van der Waals surface area contributed by atoms with Gasteiger partial charge in [0.1, 0.15) is 6.10 Å². The number of rotatable bonds is 2. The molecule has 5 rings (SSSR count). The fourth-order valence-electron chi connectivity index (χ4n) is 6.18. The van der Waals surface area contributed by atoms with Crippen LogP contribution in [0.15, 0.2) is 30.3 Å². The number of anilines is 2. The third-order valence-corrected chi connectivity index (χ3v) is 8.99. The summed E-state index contributed by atoms with van der Waals surface area (Å²) in [5.41, 5.74) is 2.88. The normalized spacial score (nSPS) is 24.6. The van der Waals surface area contributed by atoms with E-state index in [4.69, 9.17) is 4.74 Å². The highest BCUT2D eigenvalue weighted by atomic mass is 32.1. The lowest BCUT2D eigenvalue weighted by molar-refractivity contribution is -0.127. The summed E-state index contributed by atoms with van der Waals surface area (Å²) >= 11 is 1.74. The number of hydrogen-bond donors (Lipinski definition) is 0. The zero-order valence-electron chi connectivity index (χ0n) is 20.6. The summed E-state index contributed by atoms with van der Waals surface area (Å²) in [4.78, 5) is 32.6. The van der Waals surface area contributed by atoms with Crippen molar-refractivity contribution in [2.75, 3.05) is 23.0 Å². The van der Waals surface area contributed by atoms with Crippen LogP contribution in [0.3, 0.4) is 0 Å². The van der Waals surface area contributed by atoms with Gasteiger partial charge in [0.05, 0.1) is 24.0 Å². The quantitative estimate of drug-likeness (QED) is 0.505. The van der Waals surface area contributed by atoms with Gasteiger partial charge < -0.3 is 14.5 Å². The number of aryl methyl sites for hydroxylation is 1. The van der Waals surface area contributed by atoms with Gasteiger partial charge in [-0.1, -0.05) is 38.2 Å². The molecule has 1 unspecified atom stereocenters. The first-order chi connectivity index (χ1) is 16.4. The maximum Gasteiger partial charge on any atom is 0.256 e. The van der Waals surface area contributed by atoms with Crippen LogP contribution >= 0.6 is 11.3 Å².